The van der Waals surface area contributed by atoms with E-state index in [4.69, 9.17) is 9.15 Å². The highest BCUT2D eigenvalue weighted by Crippen LogP contribution is 2.34. The summed E-state index contributed by atoms with van der Waals surface area (Å²) >= 11 is 0. The van der Waals surface area contributed by atoms with Gasteiger partial charge in [0.2, 0.25) is 5.89 Å². The van der Waals surface area contributed by atoms with Gasteiger partial charge in [-0.15, -0.1) is 0 Å². The number of halogens is 3. The SMILES string of the molecule is COCCN(Cc1nc2ccccc2o1)C(=O)c1cnn(-c2ccccc2)c1C(F)(F)F. The molecule has 32 heavy (non-hydrogen) atoms. The molecule has 4 aromatic rings. The van der Waals surface area contributed by atoms with Crippen molar-refractivity contribution in [1.82, 2.24) is 19.7 Å². The molecule has 4 rings (SSSR count). The third kappa shape index (κ3) is 4.35. The van der Waals surface area contributed by atoms with E-state index < -0.39 is 23.3 Å². The summed E-state index contributed by atoms with van der Waals surface area (Å²) in [6.07, 6.45) is -3.87. The maximum atomic E-state index is 14.0. The highest BCUT2D eigenvalue weighted by molar-refractivity contribution is 5.95. The topological polar surface area (TPSA) is 73.4 Å². The molecule has 2 aromatic heterocycles. The number of rotatable bonds is 7. The second-order valence-corrected chi connectivity index (χ2v) is 6.95. The molecule has 0 aliphatic rings. The van der Waals surface area contributed by atoms with Gasteiger partial charge in [-0.2, -0.15) is 18.3 Å². The van der Waals surface area contributed by atoms with Crippen molar-refractivity contribution in [3.05, 3.63) is 77.9 Å². The fraction of sp³-hybridized carbons (Fsp3) is 0.227. The molecule has 0 aliphatic carbocycles. The molecule has 0 saturated carbocycles. The van der Waals surface area contributed by atoms with Crippen molar-refractivity contribution in [2.45, 2.75) is 12.7 Å². The van der Waals surface area contributed by atoms with E-state index in [0.29, 0.717) is 11.1 Å². The largest absolute Gasteiger partial charge is 0.439 e. The van der Waals surface area contributed by atoms with E-state index in [9.17, 15) is 18.0 Å². The lowest BCUT2D eigenvalue weighted by Gasteiger charge is -2.21. The van der Waals surface area contributed by atoms with Crippen LogP contribution in [0.1, 0.15) is 21.9 Å². The highest BCUT2D eigenvalue weighted by atomic mass is 19.4. The molecule has 0 unspecified atom stereocenters. The third-order valence-electron chi connectivity index (χ3n) is 4.79. The molecular weight excluding hydrogens is 425 g/mol. The van der Waals surface area contributed by atoms with E-state index in [2.05, 4.69) is 10.1 Å². The zero-order valence-electron chi connectivity index (χ0n) is 17.0. The van der Waals surface area contributed by atoms with Crippen molar-refractivity contribution >= 4 is 17.0 Å². The summed E-state index contributed by atoms with van der Waals surface area (Å²) in [5.41, 5.74) is -0.396. The van der Waals surface area contributed by atoms with Gasteiger partial charge in [0.25, 0.3) is 5.91 Å². The molecule has 7 nitrogen and oxygen atoms in total. The zero-order valence-corrected chi connectivity index (χ0v) is 17.0. The van der Waals surface area contributed by atoms with Crippen molar-refractivity contribution in [3.8, 4) is 5.69 Å². The first-order chi connectivity index (χ1) is 15.4. The van der Waals surface area contributed by atoms with Crippen LogP contribution in [0.3, 0.4) is 0 Å². The van der Waals surface area contributed by atoms with Gasteiger partial charge in [0, 0.05) is 13.7 Å². The van der Waals surface area contributed by atoms with Crippen LogP contribution in [0.25, 0.3) is 16.8 Å². The molecule has 1 amide bonds. The van der Waals surface area contributed by atoms with Crippen molar-refractivity contribution in [1.29, 1.82) is 0 Å². The van der Waals surface area contributed by atoms with Crippen LogP contribution in [0, 0.1) is 0 Å². The van der Waals surface area contributed by atoms with Crippen LogP contribution >= 0.6 is 0 Å². The van der Waals surface area contributed by atoms with Crippen LogP contribution in [0.15, 0.2) is 65.2 Å². The van der Waals surface area contributed by atoms with Crippen molar-refractivity contribution in [3.63, 3.8) is 0 Å². The van der Waals surface area contributed by atoms with E-state index in [1.807, 2.05) is 0 Å². The number of fused-ring (bicyclic) bond motifs is 1. The molecule has 0 radical (unpaired) electrons. The number of nitrogens with zero attached hydrogens (tertiary/aromatic N) is 4. The van der Waals surface area contributed by atoms with Gasteiger partial charge < -0.3 is 14.1 Å². The Labute approximate surface area is 181 Å². The third-order valence-corrected chi connectivity index (χ3v) is 4.79. The summed E-state index contributed by atoms with van der Waals surface area (Å²) < 4.78 is 53.4. The highest BCUT2D eigenvalue weighted by Gasteiger charge is 2.41. The Morgan fingerprint density at radius 1 is 1.12 bits per heavy atom. The van der Waals surface area contributed by atoms with Crippen LogP contribution in [0.4, 0.5) is 13.2 Å². The van der Waals surface area contributed by atoms with Crippen LogP contribution in [-0.4, -0.2) is 45.8 Å². The van der Waals surface area contributed by atoms with E-state index in [1.165, 1.54) is 24.1 Å². The first kappa shape index (κ1) is 21.6. The number of carbonyl (C=O) groups is 1. The predicted molar refractivity (Wildman–Crippen MR) is 109 cm³/mol. The second-order valence-electron chi connectivity index (χ2n) is 6.95. The monoisotopic (exact) mass is 444 g/mol. The number of ether oxygens (including phenoxy) is 1. The Morgan fingerprint density at radius 3 is 2.53 bits per heavy atom. The molecule has 2 aromatic carbocycles. The molecule has 10 heteroatoms. The minimum atomic E-state index is -4.80. The molecular formula is C22H19F3N4O3. The number of benzene rings is 2. The summed E-state index contributed by atoms with van der Waals surface area (Å²) in [4.78, 5) is 18.8. The Hall–Kier alpha value is -3.66. The predicted octanol–water partition coefficient (Wildman–Crippen LogP) is 4.32. The molecule has 0 saturated heterocycles. The number of amides is 1. The molecule has 0 N–H and O–H groups in total. The Kier molecular flexibility index (Phi) is 5.95. The minimum absolute atomic E-state index is 0.0435. The number of carbonyl (C=O) groups excluding carboxylic acids is 1. The first-order valence-electron chi connectivity index (χ1n) is 9.72. The molecule has 0 bridgehead atoms. The maximum Gasteiger partial charge on any atom is 0.434 e. The standard InChI is InChI=1S/C22H19F3N4O3/c1-31-12-11-28(14-19-27-17-9-5-6-10-18(17)32-19)21(30)16-13-26-29(20(16)22(23,24)25)15-7-3-2-4-8-15/h2-10,13H,11-12,14H2,1H3. The summed E-state index contributed by atoms with van der Waals surface area (Å²) in [5, 5.41) is 3.86. The Balaban J connectivity index is 1.71. The van der Waals surface area contributed by atoms with Gasteiger partial charge >= 0.3 is 6.18 Å². The average Bonchev–Trinajstić information content (AvgIpc) is 3.40. The summed E-state index contributed by atoms with van der Waals surface area (Å²) in [6, 6.07) is 14.9. The van der Waals surface area contributed by atoms with Gasteiger partial charge in [-0.3, -0.25) is 4.79 Å². The van der Waals surface area contributed by atoms with Crippen LogP contribution < -0.4 is 0 Å². The molecule has 166 valence electrons. The average molecular weight is 444 g/mol. The van der Waals surface area contributed by atoms with Crippen LogP contribution in [0.5, 0.6) is 0 Å². The number of hydrogen-bond donors (Lipinski definition) is 0. The van der Waals surface area contributed by atoms with Gasteiger partial charge in [-0.1, -0.05) is 30.3 Å². The van der Waals surface area contributed by atoms with Crippen molar-refractivity contribution in [2.24, 2.45) is 0 Å². The molecule has 2 heterocycles. The second kappa shape index (κ2) is 8.83. The quantitative estimate of drug-likeness (QED) is 0.425. The lowest BCUT2D eigenvalue weighted by molar-refractivity contribution is -0.143. The normalized spacial score (nSPS) is 11.8. The van der Waals surface area contributed by atoms with Gasteiger partial charge in [0.05, 0.1) is 30.6 Å². The number of hydrogen-bond acceptors (Lipinski definition) is 5. The van der Waals surface area contributed by atoms with E-state index in [0.717, 1.165) is 10.9 Å². The number of aromatic nitrogens is 3. The maximum absolute atomic E-state index is 14.0. The fourth-order valence-corrected chi connectivity index (χ4v) is 3.32. The summed E-state index contributed by atoms with van der Waals surface area (Å²) in [7, 11) is 1.44. The van der Waals surface area contributed by atoms with Crippen LogP contribution in [-0.2, 0) is 17.5 Å². The number of para-hydroxylation sites is 3. The smallest absolute Gasteiger partial charge is 0.434 e. The summed E-state index contributed by atoms with van der Waals surface area (Å²) in [5.74, 6) is -0.640. The zero-order chi connectivity index (χ0) is 22.7. The Bertz CT molecular complexity index is 1190. The Morgan fingerprint density at radius 2 is 1.84 bits per heavy atom. The fourth-order valence-electron chi connectivity index (χ4n) is 3.32. The molecule has 0 fully saturated rings. The van der Waals surface area contributed by atoms with E-state index in [-0.39, 0.29) is 31.3 Å². The van der Waals surface area contributed by atoms with Gasteiger partial charge in [-0.05, 0) is 24.3 Å². The minimum Gasteiger partial charge on any atom is -0.439 e. The van der Waals surface area contributed by atoms with E-state index >= 15 is 0 Å². The molecule has 0 spiro atoms. The van der Waals surface area contributed by atoms with E-state index in [1.54, 1.807) is 42.5 Å². The van der Waals surface area contributed by atoms with Gasteiger partial charge in [-0.25, -0.2) is 9.67 Å². The van der Waals surface area contributed by atoms with Gasteiger partial charge in [0.15, 0.2) is 11.3 Å². The van der Waals surface area contributed by atoms with Crippen molar-refractivity contribution < 1.29 is 27.1 Å². The number of oxazole rings is 1. The molecule has 0 atom stereocenters. The number of alkyl halides is 3. The first-order valence-corrected chi connectivity index (χ1v) is 9.72. The number of methoxy groups -OCH3 is 1. The lowest BCUT2D eigenvalue weighted by Crippen LogP contribution is -2.34. The summed E-state index contributed by atoms with van der Waals surface area (Å²) in [6.45, 7) is 0.0483. The lowest BCUT2D eigenvalue weighted by atomic mass is 10.2. The van der Waals surface area contributed by atoms with Crippen LogP contribution in [0.2, 0.25) is 0 Å². The van der Waals surface area contributed by atoms with Gasteiger partial charge in [0.1, 0.15) is 5.52 Å². The van der Waals surface area contributed by atoms with Crippen molar-refractivity contribution in [2.75, 3.05) is 20.3 Å². The molecule has 0 aliphatic heterocycles.